The van der Waals surface area contributed by atoms with Crippen LogP contribution < -0.4 is 5.32 Å². The zero-order chi connectivity index (χ0) is 13.1. The van der Waals surface area contributed by atoms with Crippen LogP contribution in [0.25, 0.3) is 0 Å². The second kappa shape index (κ2) is 5.03. The molecule has 1 saturated carbocycles. The van der Waals surface area contributed by atoms with Gasteiger partial charge in [0, 0.05) is 0 Å². The van der Waals surface area contributed by atoms with Gasteiger partial charge in [0.05, 0.1) is 12.2 Å². The second-order valence-corrected chi connectivity index (χ2v) is 4.28. The summed E-state index contributed by atoms with van der Waals surface area (Å²) >= 11 is 0. The first-order valence-corrected chi connectivity index (χ1v) is 5.62. The largest absolute Gasteiger partial charge is 0.459 e. The van der Waals surface area contributed by atoms with Crippen LogP contribution in [0.4, 0.5) is 0 Å². The van der Waals surface area contributed by atoms with E-state index < -0.39 is 18.4 Å². The molecule has 1 aliphatic carbocycles. The van der Waals surface area contributed by atoms with Crippen LogP contribution in [0.3, 0.4) is 0 Å². The van der Waals surface area contributed by atoms with Gasteiger partial charge >= 0.3 is 5.97 Å². The Morgan fingerprint density at radius 2 is 2.22 bits per heavy atom. The summed E-state index contributed by atoms with van der Waals surface area (Å²) < 4.78 is 9.59. The van der Waals surface area contributed by atoms with Crippen molar-refractivity contribution in [3.63, 3.8) is 0 Å². The minimum atomic E-state index is -0.668. The Labute approximate surface area is 103 Å². The Balaban J connectivity index is 1.72. The number of ether oxygens (including phenoxy) is 1. The SMILES string of the molecule is CC1CC1C(=O)OCC(=O)NC(=O)c1ccco1. The van der Waals surface area contributed by atoms with Gasteiger partial charge in [0.2, 0.25) is 0 Å². The summed E-state index contributed by atoms with van der Waals surface area (Å²) in [7, 11) is 0. The van der Waals surface area contributed by atoms with Crippen LogP contribution in [0.5, 0.6) is 0 Å². The fourth-order valence-corrected chi connectivity index (χ4v) is 1.53. The third-order valence-corrected chi connectivity index (χ3v) is 2.76. The first-order valence-electron chi connectivity index (χ1n) is 5.62. The maximum atomic E-state index is 11.4. The van der Waals surface area contributed by atoms with Crippen LogP contribution in [-0.2, 0) is 14.3 Å². The summed E-state index contributed by atoms with van der Waals surface area (Å²) in [6.45, 7) is 1.49. The lowest BCUT2D eigenvalue weighted by Crippen LogP contribution is -2.34. The standard InChI is InChI=1S/C12H13NO5/c1-7-5-8(7)12(16)18-6-10(14)13-11(15)9-3-2-4-17-9/h2-4,7-8H,5-6H2,1H3,(H,13,14,15). The van der Waals surface area contributed by atoms with Crippen LogP contribution >= 0.6 is 0 Å². The van der Waals surface area contributed by atoms with Gasteiger partial charge in [0.25, 0.3) is 11.8 Å². The monoisotopic (exact) mass is 251 g/mol. The Bertz CT molecular complexity index is 465. The highest BCUT2D eigenvalue weighted by atomic mass is 16.5. The minimum Gasteiger partial charge on any atom is -0.459 e. The maximum absolute atomic E-state index is 11.4. The van der Waals surface area contributed by atoms with Gasteiger partial charge in [-0.05, 0) is 24.5 Å². The van der Waals surface area contributed by atoms with Gasteiger partial charge in [-0.1, -0.05) is 6.92 Å². The number of furan rings is 1. The molecule has 1 aliphatic rings. The quantitative estimate of drug-likeness (QED) is 0.797. The Morgan fingerprint density at radius 3 is 2.78 bits per heavy atom. The van der Waals surface area contributed by atoms with Crippen molar-refractivity contribution >= 4 is 17.8 Å². The van der Waals surface area contributed by atoms with Crippen LogP contribution in [0.15, 0.2) is 22.8 Å². The van der Waals surface area contributed by atoms with E-state index in [1.807, 2.05) is 6.92 Å². The zero-order valence-electron chi connectivity index (χ0n) is 9.84. The maximum Gasteiger partial charge on any atom is 0.309 e. The molecule has 2 unspecified atom stereocenters. The predicted octanol–water partition coefficient (Wildman–Crippen LogP) is 0.735. The van der Waals surface area contributed by atoms with Crippen LogP contribution in [0.2, 0.25) is 0 Å². The topological polar surface area (TPSA) is 85.6 Å². The number of imide groups is 1. The first-order chi connectivity index (χ1) is 8.58. The van der Waals surface area contributed by atoms with Gasteiger partial charge in [-0.15, -0.1) is 0 Å². The molecule has 6 nitrogen and oxygen atoms in total. The Morgan fingerprint density at radius 1 is 1.50 bits per heavy atom. The minimum absolute atomic E-state index is 0.0329. The van der Waals surface area contributed by atoms with E-state index in [-0.39, 0.29) is 17.6 Å². The molecule has 0 radical (unpaired) electrons. The number of carbonyl (C=O) groups is 3. The molecule has 1 fully saturated rings. The smallest absolute Gasteiger partial charge is 0.309 e. The summed E-state index contributed by atoms with van der Waals surface area (Å²) in [4.78, 5) is 34.0. The fourth-order valence-electron chi connectivity index (χ4n) is 1.53. The fraction of sp³-hybridized carbons (Fsp3) is 0.417. The van der Waals surface area contributed by atoms with Crippen molar-refractivity contribution in [3.8, 4) is 0 Å². The molecular formula is C12H13NO5. The molecule has 0 spiro atoms. The first kappa shape index (κ1) is 12.3. The van der Waals surface area contributed by atoms with E-state index in [4.69, 9.17) is 9.15 Å². The molecule has 1 aromatic rings. The normalized spacial score (nSPS) is 21.2. The molecule has 96 valence electrons. The van der Waals surface area contributed by atoms with Gasteiger partial charge < -0.3 is 9.15 Å². The van der Waals surface area contributed by atoms with Crippen LogP contribution in [0.1, 0.15) is 23.9 Å². The van der Waals surface area contributed by atoms with Crippen molar-refractivity contribution in [2.24, 2.45) is 11.8 Å². The van der Waals surface area contributed by atoms with Crippen molar-refractivity contribution < 1.29 is 23.5 Å². The number of nitrogens with one attached hydrogen (secondary N) is 1. The van der Waals surface area contributed by atoms with E-state index in [0.717, 1.165) is 6.42 Å². The third-order valence-electron chi connectivity index (χ3n) is 2.76. The lowest BCUT2D eigenvalue weighted by atomic mass is 10.3. The molecule has 0 aliphatic heterocycles. The van der Waals surface area contributed by atoms with Gasteiger partial charge in [-0.2, -0.15) is 0 Å². The summed E-state index contributed by atoms with van der Waals surface area (Å²) in [5, 5.41) is 2.06. The van der Waals surface area contributed by atoms with Crippen molar-refractivity contribution in [2.45, 2.75) is 13.3 Å². The average Bonchev–Trinajstić information content (AvgIpc) is 2.84. The Hall–Kier alpha value is -2.11. The van der Waals surface area contributed by atoms with Crippen LogP contribution in [0, 0.1) is 11.8 Å². The number of hydrogen-bond donors (Lipinski definition) is 1. The Kier molecular flexibility index (Phi) is 3.45. The molecule has 2 rings (SSSR count). The third kappa shape index (κ3) is 2.97. The number of esters is 1. The van der Waals surface area contributed by atoms with E-state index in [1.165, 1.54) is 18.4 Å². The average molecular weight is 251 g/mol. The van der Waals surface area contributed by atoms with Gasteiger partial charge in [0.1, 0.15) is 0 Å². The molecular weight excluding hydrogens is 238 g/mol. The lowest BCUT2D eigenvalue weighted by Gasteiger charge is -2.04. The lowest BCUT2D eigenvalue weighted by molar-refractivity contribution is -0.149. The molecule has 6 heteroatoms. The molecule has 18 heavy (non-hydrogen) atoms. The van der Waals surface area contributed by atoms with E-state index in [2.05, 4.69) is 5.32 Å². The molecule has 0 bridgehead atoms. The highest BCUT2D eigenvalue weighted by molar-refractivity contribution is 6.03. The van der Waals surface area contributed by atoms with Gasteiger partial charge in [-0.3, -0.25) is 19.7 Å². The predicted molar refractivity (Wildman–Crippen MR) is 59.4 cm³/mol. The molecule has 0 saturated heterocycles. The van der Waals surface area contributed by atoms with Gasteiger partial charge in [0.15, 0.2) is 12.4 Å². The number of hydrogen-bond acceptors (Lipinski definition) is 5. The van der Waals surface area contributed by atoms with Crippen molar-refractivity contribution in [1.82, 2.24) is 5.32 Å². The van der Waals surface area contributed by atoms with Gasteiger partial charge in [-0.25, -0.2) is 0 Å². The highest BCUT2D eigenvalue weighted by Gasteiger charge is 2.40. The molecule has 1 heterocycles. The number of rotatable bonds is 4. The van der Waals surface area contributed by atoms with Crippen molar-refractivity contribution in [3.05, 3.63) is 24.2 Å². The molecule has 1 N–H and O–H groups in total. The number of amides is 2. The molecule has 2 atom stereocenters. The molecule has 0 aromatic carbocycles. The van der Waals surface area contributed by atoms with Crippen molar-refractivity contribution in [1.29, 1.82) is 0 Å². The van der Waals surface area contributed by atoms with E-state index >= 15 is 0 Å². The summed E-state index contributed by atoms with van der Waals surface area (Å²) in [5.74, 6) is -1.45. The van der Waals surface area contributed by atoms with Crippen molar-refractivity contribution in [2.75, 3.05) is 6.61 Å². The molecule has 1 aromatic heterocycles. The van der Waals surface area contributed by atoms with E-state index in [1.54, 1.807) is 0 Å². The van der Waals surface area contributed by atoms with E-state index in [9.17, 15) is 14.4 Å². The number of carbonyl (C=O) groups excluding carboxylic acids is 3. The summed E-state index contributed by atoms with van der Waals surface area (Å²) in [5.41, 5.74) is 0. The van der Waals surface area contributed by atoms with E-state index in [0.29, 0.717) is 5.92 Å². The second-order valence-electron chi connectivity index (χ2n) is 4.28. The van der Waals surface area contributed by atoms with Crippen LogP contribution in [-0.4, -0.2) is 24.4 Å². The molecule has 2 amide bonds. The highest BCUT2D eigenvalue weighted by Crippen LogP contribution is 2.38. The zero-order valence-corrected chi connectivity index (χ0v) is 9.84. The summed E-state index contributed by atoms with van der Waals surface area (Å²) in [6.07, 6.45) is 2.12. The summed E-state index contributed by atoms with van der Waals surface area (Å²) in [6, 6.07) is 2.97.